The molecule has 0 saturated carbocycles. The molecule has 1 aromatic heterocycles. The first-order chi connectivity index (χ1) is 8.72. The van der Waals surface area contributed by atoms with Crippen molar-refractivity contribution in [3.8, 4) is 6.07 Å². The van der Waals surface area contributed by atoms with E-state index < -0.39 is 0 Å². The fourth-order valence-corrected chi connectivity index (χ4v) is 2.38. The number of hydrogen-bond acceptors (Lipinski definition) is 3. The van der Waals surface area contributed by atoms with Crippen LogP contribution in [0.1, 0.15) is 25.3 Å². The van der Waals surface area contributed by atoms with Crippen molar-refractivity contribution in [1.82, 2.24) is 9.88 Å². The van der Waals surface area contributed by atoms with Crippen molar-refractivity contribution in [1.29, 1.82) is 5.26 Å². The number of pyridine rings is 1. The number of nitrogens with zero attached hydrogens (tertiary/aromatic N) is 2. The van der Waals surface area contributed by atoms with E-state index in [1.54, 1.807) is 16.8 Å². The Morgan fingerprint density at radius 1 is 1.56 bits per heavy atom. The second-order valence-electron chi connectivity index (χ2n) is 5.05. The maximum Gasteiger partial charge on any atom is 0.250 e. The molecule has 1 N–H and O–H groups in total. The molecule has 4 nitrogen and oxygen atoms in total. The van der Waals surface area contributed by atoms with Crippen molar-refractivity contribution in [2.75, 3.05) is 13.1 Å². The van der Waals surface area contributed by atoms with Gasteiger partial charge in [0.15, 0.2) is 0 Å². The summed E-state index contributed by atoms with van der Waals surface area (Å²) >= 11 is 0. The van der Waals surface area contributed by atoms with E-state index in [0.717, 1.165) is 38.4 Å². The molecule has 1 aromatic rings. The van der Waals surface area contributed by atoms with Crippen molar-refractivity contribution in [2.24, 2.45) is 11.8 Å². The van der Waals surface area contributed by atoms with E-state index in [1.165, 1.54) is 6.07 Å². The highest BCUT2D eigenvalue weighted by Gasteiger charge is 2.21. The van der Waals surface area contributed by atoms with Gasteiger partial charge >= 0.3 is 0 Å². The van der Waals surface area contributed by atoms with Crippen LogP contribution in [0.5, 0.6) is 0 Å². The van der Waals surface area contributed by atoms with Crippen LogP contribution in [0.25, 0.3) is 0 Å². The lowest BCUT2D eigenvalue weighted by molar-refractivity contribution is 0.253. The molecule has 0 bridgehead atoms. The summed E-state index contributed by atoms with van der Waals surface area (Å²) in [5.74, 6) is 1.27. The lowest BCUT2D eigenvalue weighted by Gasteiger charge is -2.30. The van der Waals surface area contributed by atoms with Gasteiger partial charge in [0.1, 0.15) is 6.07 Å². The summed E-state index contributed by atoms with van der Waals surface area (Å²) in [5.41, 5.74) is 0.536. The molecule has 1 unspecified atom stereocenters. The molecule has 0 aromatic carbocycles. The van der Waals surface area contributed by atoms with Crippen LogP contribution in [0.3, 0.4) is 0 Å². The molecule has 0 radical (unpaired) electrons. The standard InChI is InChI=1S/C14H19N3O/c1-2-11(5-13-7-16-8-13)9-17-10-12(6-15)3-4-14(17)18/h3-4,10-11,13,16H,2,5,7-9H2,1H3. The van der Waals surface area contributed by atoms with Gasteiger partial charge in [-0.25, -0.2) is 0 Å². The Balaban J connectivity index is 2.06. The van der Waals surface area contributed by atoms with E-state index >= 15 is 0 Å². The molecule has 1 aliphatic rings. The van der Waals surface area contributed by atoms with Crippen LogP contribution in [-0.2, 0) is 6.54 Å². The Hall–Kier alpha value is -1.60. The molecule has 1 saturated heterocycles. The van der Waals surface area contributed by atoms with Gasteiger partial charge in [-0.2, -0.15) is 5.26 Å². The molecule has 0 spiro atoms. The first-order valence-corrected chi connectivity index (χ1v) is 6.54. The molecule has 2 heterocycles. The second-order valence-corrected chi connectivity index (χ2v) is 5.05. The Morgan fingerprint density at radius 3 is 2.89 bits per heavy atom. The number of nitriles is 1. The highest BCUT2D eigenvalue weighted by Crippen LogP contribution is 2.20. The first kappa shape index (κ1) is 12.8. The van der Waals surface area contributed by atoms with Gasteiger partial charge in [0, 0.05) is 18.8 Å². The lowest BCUT2D eigenvalue weighted by Crippen LogP contribution is -2.43. The molecule has 0 aliphatic carbocycles. The molecule has 4 heteroatoms. The van der Waals surface area contributed by atoms with Crippen molar-refractivity contribution in [3.05, 3.63) is 34.2 Å². The highest BCUT2D eigenvalue weighted by molar-refractivity contribution is 5.24. The quantitative estimate of drug-likeness (QED) is 0.852. The summed E-state index contributed by atoms with van der Waals surface area (Å²) < 4.78 is 1.68. The number of nitrogens with one attached hydrogen (secondary N) is 1. The van der Waals surface area contributed by atoms with Crippen LogP contribution in [-0.4, -0.2) is 17.7 Å². The minimum Gasteiger partial charge on any atom is -0.316 e. The summed E-state index contributed by atoms with van der Waals surface area (Å²) in [5, 5.41) is 12.1. The van der Waals surface area contributed by atoms with E-state index in [4.69, 9.17) is 5.26 Å². The third-order valence-electron chi connectivity index (χ3n) is 3.68. The SMILES string of the molecule is CCC(CC1CNC1)Cn1cc(C#N)ccc1=O. The van der Waals surface area contributed by atoms with Gasteiger partial charge < -0.3 is 9.88 Å². The summed E-state index contributed by atoms with van der Waals surface area (Å²) in [4.78, 5) is 11.7. The number of rotatable bonds is 5. The third-order valence-corrected chi connectivity index (χ3v) is 3.68. The molecule has 2 rings (SSSR count). The normalized spacial score (nSPS) is 16.9. The van der Waals surface area contributed by atoms with Crippen LogP contribution in [0.4, 0.5) is 0 Å². The number of aromatic nitrogens is 1. The molecule has 0 amide bonds. The zero-order valence-electron chi connectivity index (χ0n) is 10.7. The van der Waals surface area contributed by atoms with E-state index in [0.29, 0.717) is 11.5 Å². The molecule has 18 heavy (non-hydrogen) atoms. The predicted molar refractivity (Wildman–Crippen MR) is 70.2 cm³/mol. The van der Waals surface area contributed by atoms with E-state index in [2.05, 4.69) is 18.3 Å². The molecule has 1 aliphatic heterocycles. The average molecular weight is 245 g/mol. The van der Waals surface area contributed by atoms with Crippen molar-refractivity contribution in [2.45, 2.75) is 26.3 Å². The van der Waals surface area contributed by atoms with Crippen LogP contribution in [0.15, 0.2) is 23.1 Å². The Morgan fingerprint density at radius 2 is 2.33 bits per heavy atom. The molecule has 1 fully saturated rings. The largest absolute Gasteiger partial charge is 0.316 e. The molecular weight excluding hydrogens is 226 g/mol. The highest BCUT2D eigenvalue weighted by atomic mass is 16.1. The van der Waals surface area contributed by atoms with Gasteiger partial charge in [0.2, 0.25) is 0 Å². The summed E-state index contributed by atoms with van der Waals surface area (Å²) in [7, 11) is 0. The fourth-order valence-electron chi connectivity index (χ4n) is 2.38. The van der Waals surface area contributed by atoms with Gasteiger partial charge in [0.25, 0.3) is 5.56 Å². The van der Waals surface area contributed by atoms with Crippen LogP contribution >= 0.6 is 0 Å². The number of hydrogen-bond donors (Lipinski definition) is 1. The van der Waals surface area contributed by atoms with Crippen molar-refractivity contribution in [3.63, 3.8) is 0 Å². The molecule has 96 valence electrons. The van der Waals surface area contributed by atoms with Gasteiger partial charge in [-0.05, 0) is 37.4 Å². The Kier molecular flexibility index (Phi) is 4.16. The average Bonchev–Trinajstić information content (AvgIpc) is 2.34. The van der Waals surface area contributed by atoms with Crippen LogP contribution in [0.2, 0.25) is 0 Å². The van der Waals surface area contributed by atoms with E-state index in [-0.39, 0.29) is 5.56 Å². The Labute approximate surface area is 107 Å². The van der Waals surface area contributed by atoms with Crippen LogP contribution in [0, 0.1) is 23.2 Å². The molecular formula is C14H19N3O. The van der Waals surface area contributed by atoms with Gasteiger partial charge in [0.05, 0.1) is 5.56 Å². The monoisotopic (exact) mass is 245 g/mol. The summed E-state index contributed by atoms with van der Waals surface area (Å²) in [6.45, 7) is 5.09. The van der Waals surface area contributed by atoms with Crippen molar-refractivity contribution < 1.29 is 0 Å². The summed E-state index contributed by atoms with van der Waals surface area (Å²) in [6.07, 6.45) is 3.90. The minimum absolute atomic E-state index is 0.0146. The minimum atomic E-state index is -0.0146. The topological polar surface area (TPSA) is 57.8 Å². The zero-order chi connectivity index (χ0) is 13.0. The Bertz CT molecular complexity index is 496. The lowest BCUT2D eigenvalue weighted by atomic mass is 9.89. The van der Waals surface area contributed by atoms with E-state index in [1.807, 2.05) is 0 Å². The van der Waals surface area contributed by atoms with E-state index in [9.17, 15) is 4.79 Å². The maximum atomic E-state index is 11.7. The first-order valence-electron chi connectivity index (χ1n) is 6.54. The van der Waals surface area contributed by atoms with Crippen molar-refractivity contribution >= 4 is 0 Å². The molecule has 1 atom stereocenters. The van der Waals surface area contributed by atoms with Gasteiger partial charge in [-0.15, -0.1) is 0 Å². The van der Waals surface area contributed by atoms with Gasteiger partial charge in [-0.1, -0.05) is 13.3 Å². The predicted octanol–water partition coefficient (Wildman–Crippen LogP) is 1.36. The zero-order valence-corrected chi connectivity index (χ0v) is 10.7. The summed E-state index contributed by atoms with van der Waals surface area (Å²) in [6, 6.07) is 5.14. The smallest absolute Gasteiger partial charge is 0.250 e. The maximum absolute atomic E-state index is 11.7. The fraction of sp³-hybridized carbons (Fsp3) is 0.571. The second kappa shape index (κ2) is 5.83. The van der Waals surface area contributed by atoms with Gasteiger partial charge in [-0.3, -0.25) is 4.79 Å². The van der Waals surface area contributed by atoms with Crippen LogP contribution < -0.4 is 10.9 Å². The third kappa shape index (κ3) is 2.99.